The largest absolute Gasteiger partial charge is 0.313 e. The molecule has 2 heterocycles. The predicted molar refractivity (Wildman–Crippen MR) is 125 cm³/mol. The molecule has 0 saturated carbocycles. The Bertz CT molecular complexity index is 1270. The number of carbonyl (C=O) groups is 2. The number of hydrogen-bond donors (Lipinski definition) is 2. The number of hydrazine groups is 1. The second-order valence-corrected chi connectivity index (χ2v) is 10.2. The highest BCUT2D eigenvalue weighted by Gasteiger charge is 2.30. The van der Waals surface area contributed by atoms with Crippen molar-refractivity contribution < 1.29 is 18.0 Å². The maximum absolute atomic E-state index is 13.1. The van der Waals surface area contributed by atoms with E-state index in [1.165, 1.54) is 44.9 Å². The minimum Gasteiger partial charge on any atom is -0.313 e. The molecule has 1 aromatic heterocycles. The average molecular weight is 471 g/mol. The van der Waals surface area contributed by atoms with Crippen LogP contribution in [-0.4, -0.2) is 45.9 Å². The van der Waals surface area contributed by atoms with Crippen molar-refractivity contribution in [3.05, 3.63) is 76.7 Å². The van der Waals surface area contributed by atoms with Gasteiger partial charge >= 0.3 is 0 Å². The monoisotopic (exact) mass is 470 g/mol. The quantitative estimate of drug-likeness (QED) is 0.540. The number of hydrogen-bond acceptors (Lipinski definition) is 6. The summed E-state index contributed by atoms with van der Waals surface area (Å²) in [5, 5.41) is 6.37. The molecule has 0 spiro atoms. The zero-order valence-corrected chi connectivity index (χ0v) is 19.2. The first-order chi connectivity index (χ1) is 15.3. The van der Waals surface area contributed by atoms with Crippen molar-refractivity contribution in [2.24, 2.45) is 0 Å². The lowest BCUT2D eigenvalue weighted by Crippen LogP contribution is -2.36. The number of thiophene rings is 1. The minimum atomic E-state index is -3.73. The van der Waals surface area contributed by atoms with Crippen LogP contribution >= 0.6 is 11.3 Å². The summed E-state index contributed by atoms with van der Waals surface area (Å²) in [6.07, 6.45) is 0.667. The van der Waals surface area contributed by atoms with Crippen molar-refractivity contribution in [2.75, 3.05) is 30.3 Å². The zero-order chi connectivity index (χ0) is 22.9. The molecule has 3 aromatic rings. The number of benzene rings is 2. The van der Waals surface area contributed by atoms with E-state index in [1.807, 2.05) is 18.2 Å². The molecule has 166 valence electrons. The molecule has 4 rings (SSSR count). The Morgan fingerprint density at radius 2 is 1.72 bits per heavy atom. The van der Waals surface area contributed by atoms with Crippen molar-refractivity contribution >= 4 is 43.9 Å². The van der Waals surface area contributed by atoms with Gasteiger partial charge in [-0.05, 0) is 53.8 Å². The lowest BCUT2D eigenvalue weighted by molar-refractivity contribution is 0.0858. The number of carbonyl (C=O) groups excluding carboxylic acids is 2. The first-order valence-corrected chi connectivity index (χ1v) is 12.2. The molecule has 1 aliphatic rings. The molecule has 2 amide bonds. The molecular weight excluding hydrogens is 448 g/mol. The number of nitrogens with zero attached hydrogens (tertiary/aromatic N) is 2. The van der Waals surface area contributed by atoms with Crippen LogP contribution in [0.1, 0.15) is 26.3 Å². The average Bonchev–Trinajstić information content (AvgIpc) is 3.40. The zero-order valence-electron chi connectivity index (χ0n) is 17.5. The molecule has 1 aliphatic heterocycles. The highest BCUT2D eigenvalue weighted by molar-refractivity contribution is 7.92. The number of rotatable bonds is 6. The topological polar surface area (TPSA) is 98.8 Å². The Morgan fingerprint density at radius 3 is 2.44 bits per heavy atom. The SMILES string of the molecule is CN(C)NC(=O)c1ccsc1NC(=O)c1ccc(S(=O)(=O)N2CCc3ccccc32)cc1. The molecule has 0 bridgehead atoms. The van der Waals surface area contributed by atoms with E-state index >= 15 is 0 Å². The highest BCUT2D eigenvalue weighted by Crippen LogP contribution is 2.32. The third-order valence-corrected chi connectivity index (χ3v) is 7.67. The van der Waals surface area contributed by atoms with E-state index < -0.39 is 15.9 Å². The van der Waals surface area contributed by atoms with Crippen molar-refractivity contribution in [1.29, 1.82) is 0 Å². The summed E-state index contributed by atoms with van der Waals surface area (Å²) in [6, 6.07) is 14.9. The molecule has 2 N–H and O–H groups in total. The van der Waals surface area contributed by atoms with Gasteiger partial charge in [0, 0.05) is 26.2 Å². The van der Waals surface area contributed by atoms with Gasteiger partial charge in [-0.2, -0.15) is 0 Å². The van der Waals surface area contributed by atoms with Gasteiger partial charge in [-0.15, -0.1) is 11.3 Å². The highest BCUT2D eigenvalue weighted by atomic mass is 32.2. The fourth-order valence-electron chi connectivity index (χ4n) is 3.49. The summed E-state index contributed by atoms with van der Waals surface area (Å²) < 4.78 is 27.6. The maximum Gasteiger partial charge on any atom is 0.268 e. The fourth-order valence-corrected chi connectivity index (χ4v) is 5.77. The van der Waals surface area contributed by atoms with Gasteiger partial charge in [0.15, 0.2) is 0 Å². The molecule has 0 saturated heterocycles. The molecule has 32 heavy (non-hydrogen) atoms. The third-order valence-electron chi connectivity index (χ3n) is 5.01. The molecule has 0 atom stereocenters. The van der Waals surface area contributed by atoms with E-state index in [0.717, 1.165) is 5.56 Å². The summed E-state index contributed by atoms with van der Waals surface area (Å²) in [6.45, 7) is 0.389. The normalized spacial score (nSPS) is 13.2. The Labute approximate surface area is 190 Å². The Hall–Kier alpha value is -3.21. The van der Waals surface area contributed by atoms with Crippen LogP contribution in [0, 0.1) is 0 Å². The third kappa shape index (κ3) is 4.24. The summed E-state index contributed by atoms with van der Waals surface area (Å²) in [4.78, 5) is 25.1. The number of amides is 2. The van der Waals surface area contributed by atoms with E-state index in [2.05, 4.69) is 10.7 Å². The van der Waals surface area contributed by atoms with Gasteiger partial charge in [-0.25, -0.2) is 13.4 Å². The summed E-state index contributed by atoms with van der Waals surface area (Å²) in [7, 11) is -0.341. The van der Waals surface area contributed by atoms with E-state index in [9.17, 15) is 18.0 Å². The standard InChI is InChI=1S/C22H22N4O4S2/c1-25(2)24-21(28)18-12-14-31-22(18)23-20(27)16-7-9-17(10-8-16)32(29,30)26-13-11-15-5-3-4-6-19(15)26/h3-10,12,14H,11,13H2,1-2H3,(H,23,27)(H,24,28). The van der Waals surface area contributed by atoms with Crippen LogP contribution in [0.25, 0.3) is 0 Å². The van der Waals surface area contributed by atoms with E-state index in [0.29, 0.717) is 29.2 Å². The Balaban J connectivity index is 1.51. The van der Waals surface area contributed by atoms with E-state index in [4.69, 9.17) is 0 Å². The number of para-hydroxylation sites is 1. The van der Waals surface area contributed by atoms with Crippen LogP contribution in [0.15, 0.2) is 64.9 Å². The van der Waals surface area contributed by atoms with Gasteiger partial charge < -0.3 is 5.32 Å². The molecule has 10 heteroatoms. The lowest BCUT2D eigenvalue weighted by atomic mass is 10.2. The number of anilines is 2. The summed E-state index contributed by atoms with van der Waals surface area (Å²) in [5.74, 6) is -0.763. The first kappa shape index (κ1) is 22.0. The van der Waals surface area contributed by atoms with Crippen molar-refractivity contribution in [2.45, 2.75) is 11.3 Å². The Kier molecular flexibility index (Phi) is 6.00. The Morgan fingerprint density at radius 1 is 1.00 bits per heavy atom. The fraction of sp³-hybridized carbons (Fsp3) is 0.182. The van der Waals surface area contributed by atoms with Gasteiger partial charge in [0.05, 0.1) is 16.1 Å². The molecule has 0 unspecified atom stereocenters. The van der Waals surface area contributed by atoms with Gasteiger partial charge in [-0.3, -0.25) is 19.3 Å². The number of fused-ring (bicyclic) bond motifs is 1. The van der Waals surface area contributed by atoms with E-state index in [-0.39, 0.29) is 16.4 Å². The van der Waals surface area contributed by atoms with Crippen LogP contribution in [-0.2, 0) is 16.4 Å². The number of sulfonamides is 1. The van der Waals surface area contributed by atoms with Crippen molar-refractivity contribution in [1.82, 2.24) is 10.4 Å². The van der Waals surface area contributed by atoms with E-state index in [1.54, 1.807) is 31.6 Å². The van der Waals surface area contributed by atoms with Crippen molar-refractivity contribution in [3.63, 3.8) is 0 Å². The molecule has 2 aromatic carbocycles. The van der Waals surface area contributed by atoms with Crippen LogP contribution in [0.2, 0.25) is 0 Å². The smallest absolute Gasteiger partial charge is 0.268 e. The molecule has 0 fully saturated rings. The van der Waals surface area contributed by atoms with Gasteiger partial charge in [0.25, 0.3) is 21.8 Å². The molecular formula is C22H22N4O4S2. The maximum atomic E-state index is 13.1. The van der Waals surface area contributed by atoms with Crippen LogP contribution in [0.4, 0.5) is 10.7 Å². The minimum absolute atomic E-state index is 0.118. The van der Waals surface area contributed by atoms with Crippen LogP contribution in [0.5, 0.6) is 0 Å². The molecule has 0 radical (unpaired) electrons. The van der Waals surface area contributed by atoms with Gasteiger partial charge in [0.1, 0.15) is 5.00 Å². The summed E-state index contributed by atoms with van der Waals surface area (Å²) >= 11 is 1.23. The first-order valence-electron chi connectivity index (χ1n) is 9.85. The van der Waals surface area contributed by atoms with Crippen LogP contribution < -0.4 is 15.0 Å². The molecule has 8 nitrogen and oxygen atoms in total. The van der Waals surface area contributed by atoms with Crippen molar-refractivity contribution in [3.8, 4) is 0 Å². The second-order valence-electron chi connectivity index (χ2n) is 7.43. The van der Waals surface area contributed by atoms with Gasteiger partial charge in [0.2, 0.25) is 0 Å². The lowest BCUT2D eigenvalue weighted by Gasteiger charge is -2.19. The molecule has 0 aliphatic carbocycles. The predicted octanol–water partition coefficient (Wildman–Crippen LogP) is 2.96. The van der Waals surface area contributed by atoms with Crippen LogP contribution in [0.3, 0.4) is 0 Å². The number of nitrogens with one attached hydrogen (secondary N) is 2. The second kappa shape index (κ2) is 8.73. The van der Waals surface area contributed by atoms with Gasteiger partial charge in [-0.1, -0.05) is 18.2 Å². The summed E-state index contributed by atoms with van der Waals surface area (Å²) in [5.41, 5.74) is 4.96.